The van der Waals surface area contributed by atoms with Gasteiger partial charge in [-0.2, -0.15) is 4.98 Å². The van der Waals surface area contributed by atoms with E-state index in [-0.39, 0.29) is 17.3 Å². The third kappa shape index (κ3) is 3.91. The maximum Gasteiger partial charge on any atom is 0.254 e. The number of nitrogen functional groups attached to an aromatic ring is 2. The van der Waals surface area contributed by atoms with Crippen LogP contribution in [0.3, 0.4) is 0 Å². The molecule has 28 heavy (non-hydrogen) atoms. The summed E-state index contributed by atoms with van der Waals surface area (Å²) in [4.78, 5) is 17.6. The van der Waals surface area contributed by atoms with Gasteiger partial charge in [-0.1, -0.05) is 30.7 Å². The summed E-state index contributed by atoms with van der Waals surface area (Å²) in [6, 6.07) is 8.56. The van der Waals surface area contributed by atoms with Crippen LogP contribution >= 0.6 is 11.6 Å². The molecule has 8 nitrogen and oxygen atoms in total. The topological polar surface area (TPSA) is 150 Å². The highest BCUT2D eigenvalue weighted by molar-refractivity contribution is 6.35. The number of benzene rings is 1. The molecule has 0 atom stereocenters. The molecule has 1 aliphatic carbocycles. The molecule has 1 amide bonds. The number of carbonyl (C=O) groups excluding carboxylic acids is 1. The molecule has 146 valence electrons. The highest BCUT2D eigenvalue weighted by Crippen LogP contribution is 2.35. The highest BCUT2D eigenvalue weighted by Gasteiger charge is 2.26. The number of amides is 1. The fourth-order valence-corrected chi connectivity index (χ4v) is 3.32. The number of aryl methyl sites for hydroxylation is 1. The largest absolute Gasteiger partial charge is 0.383 e. The first-order valence-electron chi connectivity index (χ1n) is 8.88. The van der Waals surface area contributed by atoms with E-state index in [9.17, 15) is 4.79 Å². The lowest BCUT2D eigenvalue weighted by atomic mass is 10.1. The molecule has 1 aliphatic rings. The molecule has 4 rings (SSSR count). The first kappa shape index (κ1) is 19.6. The summed E-state index contributed by atoms with van der Waals surface area (Å²) in [5, 5.41) is 11.0. The molecule has 1 aromatic carbocycles. The molecule has 2 aromatic heterocycles. The van der Waals surface area contributed by atoms with Gasteiger partial charge in [0.2, 0.25) is 5.95 Å². The van der Waals surface area contributed by atoms with Gasteiger partial charge in [-0.05, 0) is 36.8 Å². The summed E-state index contributed by atoms with van der Waals surface area (Å²) in [6.45, 7) is 2.14. The van der Waals surface area contributed by atoms with Gasteiger partial charge in [0, 0.05) is 23.3 Å². The van der Waals surface area contributed by atoms with Crippen molar-refractivity contribution in [2.75, 3.05) is 11.5 Å². The lowest BCUT2D eigenvalue weighted by Crippen LogP contribution is -2.23. The van der Waals surface area contributed by atoms with E-state index < -0.39 is 5.91 Å². The van der Waals surface area contributed by atoms with Crippen molar-refractivity contribution in [1.82, 2.24) is 14.5 Å². The molecule has 3 aromatic rings. The third-order valence-electron chi connectivity index (χ3n) is 4.53. The van der Waals surface area contributed by atoms with Gasteiger partial charge in [0.05, 0.1) is 10.6 Å². The Labute approximate surface area is 166 Å². The Morgan fingerprint density at radius 3 is 2.64 bits per heavy atom. The van der Waals surface area contributed by atoms with Gasteiger partial charge < -0.3 is 21.8 Å². The molecule has 0 aliphatic heterocycles. The number of nitrogens with two attached hydrogens (primary N) is 3. The lowest BCUT2D eigenvalue weighted by molar-refractivity contribution is 0.100. The number of pyridine rings is 1. The van der Waals surface area contributed by atoms with Crippen molar-refractivity contribution in [2.45, 2.75) is 32.2 Å². The molecule has 0 saturated heterocycles. The van der Waals surface area contributed by atoms with Crippen LogP contribution in [0, 0.1) is 5.41 Å². The number of rotatable bonds is 3. The molecular formula is C19H22ClN7O. The Morgan fingerprint density at radius 1 is 1.36 bits per heavy atom. The maximum atomic E-state index is 10.6. The highest BCUT2D eigenvalue weighted by atomic mass is 35.5. The average Bonchev–Trinajstić information content (AvgIpc) is 3.46. The maximum absolute atomic E-state index is 10.6. The van der Waals surface area contributed by atoms with Gasteiger partial charge in [-0.25, -0.2) is 4.98 Å². The van der Waals surface area contributed by atoms with Crippen molar-refractivity contribution in [1.29, 1.82) is 5.41 Å². The summed E-state index contributed by atoms with van der Waals surface area (Å²) in [7, 11) is 0. The van der Waals surface area contributed by atoms with Crippen LogP contribution in [0.15, 0.2) is 30.5 Å². The van der Waals surface area contributed by atoms with E-state index in [1.165, 1.54) is 24.7 Å². The molecule has 7 N–H and O–H groups in total. The van der Waals surface area contributed by atoms with Gasteiger partial charge in [0.15, 0.2) is 0 Å². The van der Waals surface area contributed by atoms with E-state index in [1.54, 1.807) is 0 Å². The molecule has 0 bridgehead atoms. The fourth-order valence-electron chi connectivity index (χ4n) is 3.05. The predicted octanol–water partition coefficient (Wildman–Crippen LogP) is 2.41. The summed E-state index contributed by atoms with van der Waals surface area (Å²) in [5.74, 6) is -0.639. The van der Waals surface area contributed by atoms with Gasteiger partial charge in [0.1, 0.15) is 11.3 Å². The normalized spacial score (nSPS) is 13.1. The molecule has 0 spiro atoms. The molecular weight excluding hydrogens is 378 g/mol. The monoisotopic (exact) mass is 399 g/mol. The van der Waals surface area contributed by atoms with Crippen LogP contribution in [0.25, 0.3) is 10.8 Å². The van der Waals surface area contributed by atoms with Crippen molar-refractivity contribution < 1.29 is 4.79 Å². The summed E-state index contributed by atoms with van der Waals surface area (Å²) >= 11 is 6.22. The second-order valence-corrected chi connectivity index (χ2v) is 6.94. The van der Waals surface area contributed by atoms with Crippen LogP contribution in [-0.4, -0.2) is 20.4 Å². The Hall–Kier alpha value is -3.13. The molecule has 0 radical (unpaired) electrons. The molecule has 9 heteroatoms. The van der Waals surface area contributed by atoms with Crippen LogP contribution in [-0.2, 0) is 6.42 Å². The Bertz CT molecular complexity index is 1110. The van der Waals surface area contributed by atoms with Gasteiger partial charge in [0.25, 0.3) is 5.91 Å². The van der Waals surface area contributed by atoms with Crippen molar-refractivity contribution in [3.05, 3.63) is 52.2 Å². The average molecular weight is 400 g/mol. The number of aromatic nitrogens is 3. The van der Waals surface area contributed by atoms with Gasteiger partial charge >= 0.3 is 0 Å². The number of hydrogen-bond acceptors (Lipinski definition) is 6. The summed E-state index contributed by atoms with van der Waals surface area (Å²) in [6.07, 6.45) is 4.55. The standard InChI is InChI=1S/C14H15ClN2.C5H7N5O/c1-2-10-8-9-4-3-5-12(15)13(9)14(16)17(10)11-6-7-11;6-3-2(4(7)11)1-9-5(8)10-3/h3-5,8,11,16H,2,6-7H2,1H3;1H,(H2,7,11)(H4,6,8,9,10). The van der Waals surface area contributed by atoms with Crippen molar-refractivity contribution in [3.8, 4) is 0 Å². The van der Waals surface area contributed by atoms with Crippen LogP contribution in [0.5, 0.6) is 0 Å². The van der Waals surface area contributed by atoms with Crippen molar-refractivity contribution in [2.24, 2.45) is 5.73 Å². The molecule has 0 unspecified atom stereocenters. The second-order valence-electron chi connectivity index (χ2n) is 6.53. The zero-order chi connectivity index (χ0) is 20.4. The molecule has 1 saturated carbocycles. The van der Waals surface area contributed by atoms with Crippen LogP contribution in [0.1, 0.15) is 41.9 Å². The number of hydrogen-bond donors (Lipinski definition) is 4. The van der Waals surface area contributed by atoms with E-state index in [1.807, 2.05) is 18.2 Å². The van der Waals surface area contributed by atoms with E-state index >= 15 is 0 Å². The number of carbonyl (C=O) groups is 1. The summed E-state index contributed by atoms with van der Waals surface area (Å²) < 4.78 is 2.16. The third-order valence-corrected chi connectivity index (χ3v) is 4.85. The van der Waals surface area contributed by atoms with Gasteiger partial charge in [-0.15, -0.1) is 0 Å². The quantitative estimate of drug-likeness (QED) is 0.533. The van der Waals surface area contributed by atoms with E-state index in [0.29, 0.717) is 16.6 Å². The van der Waals surface area contributed by atoms with Crippen LogP contribution < -0.4 is 22.7 Å². The predicted molar refractivity (Wildman–Crippen MR) is 110 cm³/mol. The number of anilines is 2. The zero-order valence-corrected chi connectivity index (χ0v) is 16.2. The van der Waals surface area contributed by atoms with Gasteiger partial charge in [-0.3, -0.25) is 10.2 Å². The number of fused-ring (bicyclic) bond motifs is 1. The first-order valence-corrected chi connectivity index (χ1v) is 9.26. The van der Waals surface area contributed by atoms with Crippen LogP contribution in [0.2, 0.25) is 5.02 Å². The number of halogens is 1. The molecule has 1 fully saturated rings. The first-order chi connectivity index (χ1) is 13.3. The minimum Gasteiger partial charge on any atom is -0.383 e. The van der Waals surface area contributed by atoms with E-state index in [0.717, 1.165) is 17.2 Å². The minimum absolute atomic E-state index is 0.00463. The lowest BCUT2D eigenvalue weighted by Gasteiger charge is -2.14. The van der Waals surface area contributed by atoms with E-state index in [4.69, 9.17) is 34.2 Å². The second kappa shape index (κ2) is 7.85. The van der Waals surface area contributed by atoms with Crippen molar-refractivity contribution in [3.63, 3.8) is 0 Å². The number of nitrogens with zero attached hydrogens (tertiary/aromatic N) is 3. The van der Waals surface area contributed by atoms with Crippen molar-refractivity contribution >= 4 is 40.0 Å². The Balaban J connectivity index is 0.000000178. The van der Waals surface area contributed by atoms with E-state index in [2.05, 4.69) is 27.5 Å². The molecule has 2 heterocycles. The number of nitrogens with one attached hydrogen (secondary N) is 1. The summed E-state index contributed by atoms with van der Waals surface area (Å²) in [5.41, 5.74) is 17.3. The number of primary amides is 1. The van der Waals surface area contributed by atoms with Crippen LogP contribution in [0.4, 0.5) is 11.8 Å². The zero-order valence-electron chi connectivity index (χ0n) is 15.4. The fraction of sp³-hybridized carbons (Fsp3) is 0.263. The smallest absolute Gasteiger partial charge is 0.254 e. The SMILES string of the molecule is CCc1cc2cccc(Cl)c2c(=N)n1C1CC1.NC(=O)c1cnc(N)nc1N. The Morgan fingerprint density at radius 2 is 2.07 bits per heavy atom. The minimum atomic E-state index is -0.664. The Kier molecular flexibility index (Phi) is 5.51.